The first kappa shape index (κ1) is 50.2. The zero-order valence-corrected chi connectivity index (χ0v) is 49.1. The molecule has 0 bridgehead atoms. The molecule has 0 spiro atoms. The lowest BCUT2D eigenvalue weighted by atomic mass is 9.33. The highest BCUT2D eigenvalue weighted by Crippen LogP contribution is 2.51. The van der Waals surface area contributed by atoms with E-state index in [0.29, 0.717) is 0 Å². The highest BCUT2D eigenvalue weighted by Gasteiger charge is 2.45. The lowest BCUT2D eigenvalue weighted by Gasteiger charge is -2.45. The van der Waals surface area contributed by atoms with E-state index < -0.39 is 0 Å². The Hall–Kier alpha value is -10.3. The molecule has 2 aliphatic rings. The molecular formula is C80H61BN4O. The van der Waals surface area contributed by atoms with Gasteiger partial charge in [-0.25, -0.2) is 0 Å². The third-order valence-corrected chi connectivity index (χ3v) is 18.6. The van der Waals surface area contributed by atoms with Crippen LogP contribution < -0.4 is 26.2 Å². The van der Waals surface area contributed by atoms with Crippen LogP contribution in [0.25, 0.3) is 99.2 Å². The summed E-state index contributed by atoms with van der Waals surface area (Å²) in [6.07, 6.45) is 0. The Kier molecular flexibility index (Phi) is 10.9. The Morgan fingerprint density at radius 2 is 0.767 bits per heavy atom. The molecule has 0 unspecified atom stereocenters. The fraction of sp³-hybridized carbons (Fsp3) is 0.100. The number of fused-ring (bicyclic) bond motifs is 13. The Labute approximate surface area is 501 Å². The fourth-order valence-corrected chi connectivity index (χ4v) is 14.4. The van der Waals surface area contributed by atoms with Gasteiger partial charge in [0.2, 0.25) is 0 Å². The number of benzene rings is 12. The summed E-state index contributed by atoms with van der Waals surface area (Å²) in [7, 11) is 0. The van der Waals surface area contributed by atoms with Crippen molar-refractivity contribution in [3.05, 3.63) is 272 Å². The minimum absolute atomic E-state index is 0.0327. The molecule has 5 nitrogen and oxygen atoms in total. The van der Waals surface area contributed by atoms with Crippen LogP contribution in [0, 0.1) is 0 Å². The minimum Gasteiger partial charge on any atom is -0.452 e. The van der Waals surface area contributed by atoms with E-state index in [1.165, 1.54) is 60.1 Å². The molecule has 0 atom stereocenters. The summed E-state index contributed by atoms with van der Waals surface area (Å²) in [5, 5.41) is 7.03. The van der Waals surface area contributed by atoms with Crippen molar-refractivity contribution in [3.63, 3.8) is 0 Å². The van der Waals surface area contributed by atoms with Crippen LogP contribution in [-0.2, 0) is 10.8 Å². The van der Waals surface area contributed by atoms with Gasteiger partial charge in [0.1, 0.15) is 0 Å². The van der Waals surface area contributed by atoms with Gasteiger partial charge in [-0.2, -0.15) is 0 Å². The molecule has 12 aromatic carbocycles. The number of anilines is 6. The largest absolute Gasteiger partial charge is 0.452 e. The molecule has 3 aromatic heterocycles. The van der Waals surface area contributed by atoms with Crippen LogP contribution in [-0.4, -0.2) is 15.8 Å². The summed E-state index contributed by atoms with van der Waals surface area (Å²) >= 11 is 0. The zero-order valence-electron chi connectivity index (χ0n) is 49.1. The molecule has 410 valence electrons. The third kappa shape index (κ3) is 7.51. The maximum Gasteiger partial charge on any atom is 0.252 e. The molecule has 0 radical (unpaired) electrons. The average Bonchev–Trinajstić information content (AvgIpc) is 0.939. The first-order valence-corrected chi connectivity index (χ1v) is 30.2. The SMILES string of the molecule is CC(C)(C)c1ccc(N2c3cc(-n4c5ccccc5c5ccccc54)ccc3B3c4cc(C(C)(C)C)ccc4N(c4cc(-c5ccccc5)cc5c4oc4c(-n6c7ccccc7c7ccccc76)cccc45)c4cc(-c5ccccc5)cc2c43)cc1. The lowest BCUT2D eigenvalue weighted by Crippen LogP contribution is -2.61. The quantitative estimate of drug-likeness (QED) is 0.155. The highest BCUT2D eigenvalue weighted by atomic mass is 16.3. The van der Waals surface area contributed by atoms with Crippen molar-refractivity contribution in [1.29, 1.82) is 0 Å². The van der Waals surface area contributed by atoms with Gasteiger partial charge in [-0.05, 0) is 146 Å². The van der Waals surface area contributed by atoms with Gasteiger partial charge in [-0.15, -0.1) is 0 Å². The van der Waals surface area contributed by atoms with Gasteiger partial charge < -0.3 is 23.4 Å². The highest BCUT2D eigenvalue weighted by molar-refractivity contribution is 7.00. The number of nitrogens with zero attached hydrogens (tertiary/aromatic N) is 4. The Morgan fingerprint density at radius 3 is 1.35 bits per heavy atom. The van der Waals surface area contributed by atoms with Crippen molar-refractivity contribution in [1.82, 2.24) is 9.13 Å². The molecule has 0 saturated heterocycles. The van der Waals surface area contributed by atoms with Gasteiger partial charge in [0.15, 0.2) is 11.2 Å². The van der Waals surface area contributed by atoms with Crippen molar-refractivity contribution in [2.75, 3.05) is 9.80 Å². The van der Waals surface area contributed by atoms with E-state index in [0.717, 1.165) is 101 Å². The second-order valence-electron chi connectivity index (χ2n) is 25.7. The van der Waals surface area contributed by atoms with Crippen LogP contribution in [0.1, 0.15) is 52.7 Å². The van der Waals surface area contributed by atoms with E-state index in [-0.39, 0.29) is 17.5 Å². The monoisotopic (exact) mass is 1100 g/mol. The molecule has 0 saturated carbocycles. The van der Waals surface area contributed by atoms with Gasteiger partial charge in [-0.1, -0.05) is 217 Å². The van der Waals surface area contributed by atoms with Gasteiger partial charge in [0, 0.05) is 66.4 Å². The Balaban J connectivity index is 0.996. The first-order chi connectivity index (χ1) is 41.9. The van der Waals surface area contributed by atoms with Gasteiger partial charge in [-0.3, -0.25) is 0 Å². The Bertz CT molecular complexity index is 5160. The lowest BCUT2D eigenvalue weighted by molar-refractivity contribution is 0.590. The van der Waals surface area contributed by atoms with Crippen molar-refractivity contribution in [2.24, 2.45) is 0 Å². The number of furan rings is 1. The maximum absolute atomic E-state index is 7.72. The first-order valence-electron chi connectivity index (χ1n) is 30.2. The van der Waals surface area contributed by atoms with E-state index in [4.69, 9.17) is 4.42 Å². The smallest absolute Gasteiger partial charge is 0.252 e. The average molecular weight is 1110 g/mol. The second kappa shape index (κ2) is 18.6. The number of hydrogen-bond donors (Lipinski definition) is 0. The Morgan fingerprint density at radius 1 is 0.291 bits per heavy atom. The standard InChI is InChI=1S/C80H61BN4O/c1-79(2,3)54-36-39-56(40-37-54)82-72-49-57(83-66-31-17-13-26-58(66)59-27-14-18-32-67(59)83)41-42-64(72)81-65-48-55(80(4,5)6)38-43-70(65)85(74-46-53(45-73(82)76(74)81)51-24-11-8-12-25-51)75-47-52(50-22-9-7-10-23-50)44-63-62-30-21-35-71(77(62)86-78(63)75)84-68-33-19-15-28-60(68)61-29-16-20-34-69(61)84/h7-49H,1-6H3. The van der Waals surface area contributed by atoms with Crippen LogP contribution >= 0.6 is 0 Å². The van der Waals surface area contributed by atoms with E-state index in [9.17, 15) is 0 Å². The summed E-state index contributed by atoms with van der Waals surface area (Å²) in [6, 6.07) is 97.3. The van der Waals surface area contributed by atoms with E-state index in [1.807, 2.05) is 0 Å². The number of rotatable bonds is 6. The molecule has 15 aromatic rings. The van der Waals surface area contributed by atoms with Crippen LogP contribution in [0.2, 0.25) is 0 Å². The summed E-state index contributed by atoms with van der Waals surface area (Å²) < 4.78 is 12.6. The summed E-state index contributed by atoms with van der Waals surface area (Å²) in [6.45, 7) is 13.8. The van der Waals surface area contributed by atoms with E-state index in [1.54, 1.807) is 0 Å². The molecule has 86 heavy (non-hydrogen) atoms. The zero-order chi connectivity index (χ0) is 57.7. The number of aromatic nitrogens is 2. The van der Waals surface area contributed by atoms with Crippen LogP contribution in [0.15, 0.2) is 265 Å². The number of hydrogen-bond acceptors (Lipinski definition) is 3. The minimum atomic E-state index is -0.143. The van der Waals surface area contributed by atoms with E-state index >= 15 is 0 Å². The van der Waals surface area contributed by atoms with Gasteiger partial charge >= 0.3 is 0 Å². The van der Waals surface area contributed by atoms with Gasteiger partial charge in [0.05, 0.1) is 33.4 Å². The predicted octanol–water partition coefficient (Wildman–Crippen LogP) is 19.8. The van der Waals surface area contributed by atoms with Crippen molar-refractivity contribution >= 4 is 123 Å². The molecule has 5 heterocycles. The molecule has 0 N–H and O–H groups in total. The normalized spacial score (nSPS) is 13.2. The van der Waals surface area contributed by atoms with Crippen molar-refractivity contribution in [2.45, 2.75) is 52.4 Å². The summed E-state index contributed by atoms with van der Waals surface area (Å²) in [5.74, 6) is 0. The summed E-state index contributed by atoms with van der Waals surface area (Å²) in [5.41, 5.74) is 25.8. The number of para-hydroxylation sites is 5. The maximum atomic E-state index is 7.72. The summed E-state index contributed by atoms with van der Waals surface area (Å²) in [4.78, 5) is 5.14. The molecular weight excluding hydrogens is 1040 g/mol. The van der Waals surface area contributed by atoms with Crippen LogP contribution in [0.4, 0.5) is 34.1 Å². The van der Waals surface area contributed by atoms with Crippen molar-refractivity contribution in [3.8, 4) is 33.6 Å². The van der Waals surface area contributed by atoms with Crippen LogP contribution in [0.5, 0.6) is 0 Å². The third-order valence-electron chi connectivity index (χ3n) is 18.6. The van der Waals surface area contributed by atoms with Gasteiger partial charge in [0.25, 0.3) is 6.71 Å². The molecule has 0 amide bonds. The molecule has 17 rings (SSSR count). The molecule has 0 aliphatic carbocycles. The van der Waals surface area contributed by atoms with Crippen LogP contribution in [0.3, 0.4) is 0 Å². The van der Waals surface area contributed by atoms with E-state index in [2.05, 4.69) is 321 Å². The fourth-order valence-electron chi connectivity index (χ4n) is 14.4. The second-order valence-corrected chi connectivity index (χ2v) is 25.7. The molecule has 2 aliphatic heterocycles. The topological polar surface area (TPSA) is 29.5 Å². The molecule has 0 fully saturated rings. The molecule has 6 heteroatoms. The van der Waals surface area contributed by atoms with Crippen molar-refractivity contribution < 1.29 is 4.42 Å². The predicted molar refractivity (Wildman–Crippen MR) is 365 cm³/mol.